The van der Waals surface area contributed by atoms with Crippen molar-refractivity contribution in [3.8, 4) is 0 Å². The first-order valence-corrected chi connectivity index (χ1v) is 6.26. The van der Waals surface area contributed by atoms with Crippen LogP contribution in [-0.4, -0.2) is 25.2 Å². The number of hydrogen-bond donors (Lipinski definition) is 2. The number of nitrogens with two attached hydrogens (primary N) is 1. The minimum atomic E-state index is -0.149. The summed E-state index contributed by atoms with van der Waals surface area (Å²) in [6.45, 7) is 2.47. The number of amides is 1. The largest absolute Gasteiger partial charge is 0.399 e. The van der Waals surface area contributed by atoms with Gasteiger partial charge in [-0.1, -0.05) is 6.07 Å². The summed E-state index contributed by atoms with van der Waals surface area (Å²) < 4.78 is 5.47. The van der Waals surface area contributed by atoms with Crippen molar-refractivity contribution < 1.29 is 9.53 Å². The first kappa shape index (κ1) is 12.9. The third-order valence-corrected chi connectivity index (χ3v) is 3.78. The highest BCUT2D eigenvalue weighted by Gasteiger charge is 2.37. The molecule has 98 valence electrons. The SMILES string of the molecule is COC1(CNC(=O)c2cc(N)ccc2C)CCC1. The van der Waals surface area contributed by atoms with Crippen LogP contribution in [0.3, 0.4) is 0 Å². The zero-order chi connectivity index (χ0) is 13.2. The Morgan fingerprint density at radius 3 is 2.78 bits per heavy atom. The Labute approximate surface area is 108 Å². The molecule has 0 saturated heterocycles. The number of nitrogen functional groups attached to an aromatic ring is 1. The summed E-state index contributed by atoms with van der Waals surface area (Å²) >= 11 is 0. The lowest BCUT2D eigenvalue weighted by atomic mass is 9.80. The van der Waals surface area contributed by atoms with Crippen LogP contribution in [0.25, 0.3) is 0 Å². The van der Waals surface area contributed by atoms with Gasteiger partial charge in [0, 0.05) is 24.9 Å². The second-order valence-corrected chi connectivity index (χ2v) is 5.00. The maximum atomic E-state index is 12.1. The maximum Gasteiger partial charge on any atom is 0.251 e. The second-order valence-electron chi connectivity index (χ2n) is 5.00. The number of aryl methyl sites for hydroxylation is 1. The van der Waals surface area contributed by atoms with Gasteiger partial charge in [-0.25, -0.2) is 0 Å². The van der Waals surface area contributed by atoms with E-state index in [1.807, 2.05) is 13.0 Å². The molecule has 2 rings (SSSR count). The average molecular weight is 248 g/mol. The van der Waals surface area contributed by atoms with Crippen LogP contribution in [-0.2, 0) is 4.74 Å². The van der Waals surface area contributed by atoms with Crippen molar-refractivity contribution in [2.75, 3.05) is 19.4 Å². The van der Waals surface area contributed by atoms with Gasteiger partial charge in [0.2, 0.25) is 0 Å². The van der Waals surface area contributed by atoms with Crippen molar-refractivity contribution in [2.45, 2.75) is 31.8 Å². The molecule has 0 aromatic heterocycles. The molecule has 18 heavy (non-hydrogen) atoms. The molecule has 1 aromatic rings. The van der Waals surface area contributed by atoms with Gasteiger partial charge in [0.1, 0.15) is 0 Å². The Morgan fingerprint density at radius 2 is 2.22 bits per heavy atom. The van der Waals surface area contributed by atoms with Crippen LogP contribution in [0, 0.1) is 6.92 Å². The molecule has 1 amide bonds. The zero-order valence-electron chi connectivity index (χ0n) is 11.0. The number of ether oxygens (including phenoxy) is 1. The van der Waals surface area contributed by atoms with E-state index in [-0.39, 0.29) is 11.5 Å². The van der Waals surface area contributed by atoms with Crippen molar-refractivity contribution in [3.05, 3.63) is 29.3 Å². The maximum absolute atomic E-state index is 12.1. The molecular weight excluding hydrogens is 228 g/mol. The minimum Gasteiger partial charge on any atom is -0.399 e. The van der Waals surface area contributed by atoms with E-state index in [1.165, 1.54) is 6.42 Å². The molecule has 1 aliphatic rings. The van der Waals surface area contributed by atoms with Crippen molar-refractivity contribution in [2.24, 2.45) is 0 Å². The molecule has 1 aliphatic carbocycles. The highest BCUT2D eigenvalue weighted by Crippen LogP contribution is 2.34. The van der Waals surface area contributed by atoms with Crippen molar-refractivity contribution in [1.82, 2.24) is 5.32 Å². The number of hydrogen-bond acceptors (Lipinski definition) is 3. The van der Waals surface area contributed by atoms with Crippen LogP contribution in [0.4, 0.5) is 5.69 Å². The van der Waals surface area contributed by atoms with Gasteiger partial charge in [-0.3, -0.25) is 4.79 Å². The first-order chi connectivity index (χ1) is 8.56. The summed E-state index contributed by atoms with van der Waals surface area (Å²) in [5, 5.41) is 2.94. The summed E-state index contributed by atoms with van der Waals surface area (Å²) in [6.07, 6.45) is 3.19. The van der Waals surface area contributed by atoms with Gasteiger partial charge in [-0.05, 0) is 43.9 Å². The lowest BCUT2D eigenvalue weighted by Gasteiger charge is -2.40. The predicted octanol–water partition coefficient (Wildman–Crippen LogP) is 1.88. The van der Waals surface area contributed by atoms with E-state index in [4.69, 9.17) is 10.5 Å². The highest BCUT2D eigenvalue weighted by atomic mass is 16.5. The van der Waals surface area contributed by atoms with Gasteiger partial charge in [0.25, 0.3) is 5.91 Å². The van der Waals surface area contributed by atoms with Crippen LogP contribution in [0.15, 0.2) is 18.2 Å². The number of benzene rings is 1. The molecule has 4 nitrogen and oxygen atoms in total. The Morgan fingerprint density at radius 1 is 1.50 bits per heavy atom. The Bertz CT molecular complexity index is 448. The fourth-order valence-electron chi connectivity index (χ4n) is 2.25. The van der Waals surface area contributed by atoms with Gasteiger partial charge < -0.3 is 15.8 Å². The minimum absolute atomic E-state index is 0.0804. The summed E-state index contributed by atoms with van der Waals surface area (Å²) in [4.78, 5) is 12.1. The standard InChI is InChI=1S/C14H20N2O2/c1-10-4-5-11(15)8-12(10)13(17)16-9-14(18-2)6-3-7-14/h4-5,8H,3,6-7,9,15H2,1-2H3,(H,16,17). The Balaban J connectivity index is 2.01. The summed E-state index contributed by atoms with van der Waals surface area (Å²) in [7, 11) is 1.71. The average Bonchev–Trinajstić information content (AvgIpc) is 2.31. The Kier molecular flexibility index (Phi) is 3.57. The van der Waals surface area contributed by atoms with Crippen molar-refractivity contribution in [1.29, 1.82) is 0 Å². The molecule has 0 bridgehead atoms. The lowest BCUT2D eigenvalue weighted by Crippen LogP contribution is -2.49. The summed E-state index contributed by atoms with van der Waals surface area (Å²) in [5.74, 6) is -0.0804. The first-order valence-electron chi connectivity index (χ1n) is 6.26. The molecule has 3 N–H and O–H groups in total. The highest BCUT2D eigenvalue weighted by molar-refractivity contribution is 5.96. The molecule has 1 fully saturated rings. The van der Waals surface area contributed by atoms with Gasteiger partial charge >= 0.3 is 0 Å². The number of anilines is 1. The summed E-state index contributed by atoms with van der Waals surface area (Å²) in [6, 6.07) is 5.37. The molecule has 0 spiro atoms. The molecule has 1 aromatic carbocycles. The molecule has 0 aliphatic heterocycles. The number of methoxy groups -OCH3 is 1. The smallest absolute Gasteiger partial charge is 0.251 e. The van der Waals surface area contributed by atoms with E-state index in [9.17, 15) is 4.79 Å². The van der Waals surface area contributed by atoms with Crippen molar-refractivity contribution >= 4 is 11.6 Å². The summed E-state index contributed by atoms with van der Waals surface area (Å²) in [5.41, 5.74) is 7.74. The van der Waals surface area contributed by atoms with Crippen LogP contribution < -0.4 is 11.1 Å². The quantitative estimate of drug-likeness (QED) is 0.800. The van der Waals surface area contributed by atoms with E-state index < -0.39 is 0 Å². The molecule has 0 radical (unpaired) electrons. The fraction of sp³-hybridized carbons (Fsp3) is 0.500. The van der Waals surface area contributed by atoms with Gasteiger partial charge in [-0.15, -0.1) is 0 Å². The van der Waals surface area contributed by atoms with Crippen molar-refractivity contribution in [3.63, 3.8) is 0 Å². The number of carbonyl (C=O) groups excluding carboxylic acids is 1. The lowest BCUT2D eigenvalue weighted by molar-refractivity contribution is -0.0679. The zero-order valence-corrected chi connectivity index (χ0v) is 11.0. The monoisotopic (exact) mass is 248 g/mol. The number of nitrogens with one attached hydrogen (secondary N) is 1. The molecule has 4 heteroatoms. The topological polar surface area (TPSA) is 64.3 Å². The van der Waals surface area contributed by atoms with Gasteiger partial charge in [0.05, 0.1) is 5.60 Å². The van der Waals surface area contributed by atoms with Crippen LogP contribution in [0.2, 0.25) is 0 Å². The van der Waals surface area contributed by atoms with E-state index in [0.717, 1.165) is 18.4 Å². The van der Waals surface area contributed by atoms with Crippen LogP contribution in [0.1, 0.15) is 35.2 Å². The van der Waals surface area contributed by atoms with E-state index in [0.29, 0.717) is 17.8 Å². The van der Waals surface area contributed by atoms with E-state index >= 15 is 0 Å². The Hall–Kier alpha value is -1.55. The third-order valence-electron chi connectivity index (χ3n) is 3.78. The molecule has 0 heterocycles. The molecular formula is C14H20N2O2. The number of carbonyl (C=O) groups is 1. The van der Waals surface area contributed by atoms with E-state index in [1.54, 1.807) is 19.2 Å². The molecule has 0 unspecified atom stereocenters. The van der Waals surface area contributed by atoms with E-state index in [2.05, 4.69) is 5.32 Å². The normalized spacial score (nSPS) is 17.0. The predicted molar refractivity (Wildman–Crippen MR) is 71.5 cm³/mol. The van der Waals surface area contributed by atoms with Crippen LogP contribution in [0.5, 0.6) is 0 Å². The fourth-order valence-corrected chi connectivity index (χ4v) is 2.25. The van der Waals surface area contributed by atoms with Crippen LogP contribution >= 0.6 is 0 Å². The second kappa shape index (κ2) is 4.98. The molecule has 0 atom stereocenters. The van der Waals surface area contributed by atoms with Gasteiger partial charge in [-0.2, -0.15) is 0 Å². The number of rotatable bonds is 4. The molecule has 1 saturated carbocycles. The van der Waals surface area contributed by atoms with Gasteiger partial charge in [0.15, 0.2) is 0 Å². The third kappa shape index (κ3) is 2.48.